The van der Waals surface area contributed by atoms with Gasteiger partial charge in [0.1, 0.15) is 0 Å². The number of nitrogens with one attached hydrogen (secondary N) is 1. The van der Waals surface area contributed by atoms with Crippen LogP contribution >= 0.6 is 0 Å². The summed E-state index contributed by atoms with van der Waals surface area (Å²) in [5.74, 6) is 0.762. The van der Waals surface area contributed by atoms with Gasteiger partial charge in [-0.25, -0.2) is 0 Å². The van der Waals surface area contributed by atoms with Crippen molar-refractivity contribution in [2.45, 2.75) is 52.5 Å². The van der Waals surface area contributed by atoms with Crippen molar-refractivity contribution in [3.05, 3.63) is 0 Å². The van der Waals surface area contributed by atoms with E-state index in [0.717, 1.165) is 13.0 Å². The average Bonchev–Trinajstić information content (AvgIpc) is 2.31. The quantitative estimate of drug-likeness (QED) is 0.770. The van der Waals surface area contributed by atoms with Crippen LogP contribution in [-0.2, 0) is 4.79 Å². The zero-order chi connectivity index (χ0) is 14.5. The summed E-state index contributed by atoms with van der Waals surface area (Å²) in [7, 11) is 1.99. The molecule has 0 aromatic rings. The highest BCUT2D eigenvalue weighted by atomic mass is 16.2. The van der Waals surface area contributed by atoms with Gasteiger partial charge in [-0.3, -0.25) is 9.69 Å². The van der Waals surface area contributed by atoms with Crippen LogP contribution in [-0.4, -0.2) is 43.5 Å². The monoisotopic (exact) mass is 269 g/mol. The van der Waals surface area contributed by atoms with E-state index in [2.05, 4.69) is 31.0 Å². The van der Waals surface area contributed by atoms with Crippen molar-refractivity contribution in [1.82, 2.24) is 10.2 Å². The highest BCUT2D eigenvalue weighted by Crippen LogP contribution is 2.23. The number of carbonyl (C=O) groups is 1. The summed E-state index contributed by atoms with van der Waals surface area (Å²) >= 11 is 0. The highest BCUT2D eigenvalue weighted by Gasteiger charge is 2.24. The standard InChI is InChI=1S/C15H31N3O/c1-12-7-5-6-8-13(12)17-14(19)9-18(4)11-15(2,3)10-16/h12-13H,5-11,16H2,1-4H3,(H,17,19). The molecule has 0 radical (unpaired) electrons. The van der Waals surface area contributed by atoms with Crippen LogP contribution in [0.2, 0.25) is 0 Å². The van der Waals surface area contributed by atoms with Crippen LogP contribution in [0.3, 0.4) is 0 Å². The molecule has 19 heavy (non-hydrogen) atoms. The van der Waals surface area contributed by atoms with E-state index >= 15 is 0 Å². The Morgan fingerprint density at radius 2 is 2.00 bits per heavy atom. The largest absolute Gasteiger partial charge is 0.352 e. The van der Waals surface area contributed by atoms with Crippen molar-refractivity contribution < 1.29 is 4.79 Å². The van der Waals surface area contributed by atoms with Gasteiger partial charge in [-0.1, -0.05) is 33.6 Å². The molecule has 0 aromatic heterocycles. The molecule has 1 rings (SSSR count). The molecule has 3 N–H and O–H groups in total. The molecule has 1 aliphatic carbocycles. The smallest absolute Gasteiger partial charge is 0.234 e. The number of amides is 1. The van der Waals surface area contributed by atoms with Gasteiger partial charge in [0.2, 0.25) is 5.91 Å². The maximum absolute atomic E-state index is 12.1. The lowest BCUT2D eigenvalue weighted by molar-refractivity contribution is -0.123. The second-order valence-corrected chi connectivity index (χ2v) is 6.98. The summed E-state index contributed by atoms with van der Waals surface area (Å²) < 4.78 is 0. The van der Waals surface area contributed by atoms with E-state index in [1.807, 2.05) is 7.05 Å². The molecule has 0 spiro atoms. The summed E-state index contributed by atoms with van der Waals surface area (Å²) in [4.78, 5) is 14.1. The lowest BCUT2D eigenvalue weighted by Gasteiger charge is -2.31. The van der Waals surface area contributed by atoms with Crippen molar-refractivity contribution >= 4 is 5.91 Å². The summed E-state index contributed by atoms with van der Waals surface area (Å²) in [6.45, 7) is 8.45. The second-order valence-electron chi connectivity index (χ2n) is 6.98. The van der Waals surface area contributed by atoms with Crippen LogP contribution in [0.4, 0.5) is 0 Å². The Bertz CT molecular complexity index is 291. The molecule has 2 unspecified atom stereocenters. The third-order valence-electron chi connectivity index (χ3n) is 4.12. The molecule has 112 valence electrons. The summed E-state index contributed by atoms with van der Waals surface area (Å²) in [6, 6.07) is 0.372. The predicted octanol–water partition coefficient (Wildman–Crippen LogP) is 1.60. The van der Waals surface area contributed by atoms with Gasteiger partial charge in [-0.05, 0) is 37.8 Å². The van der Waals surface area contributed by atoms with Gasteiger partial charge in [0, 0.05) is 12.6 Å². The van der Waals surface area contributed by atoms with Crippen molar-refractivity contribution in [3.8, 4) is 0 Å². The molecule has 1 amide bonds. The van der Waals surface area contributed by atoms with Crippen LogP contribution in [0.1, 0.15) is 46.5 Å². The highest BCUT2D eigenvalue weighted by molar-refractivity contribution is 5.78. The summed E-state index contributed by atoms with van der Waals surface area (Å²) in [5.41, 5.74) is 5.79. The molecule has 4 heteroatoms. The topological polar surface area (TPSA) is 58.4 Å². The minimum absolute atomic E-state index is 0.0627. The minimum Gasteiger partial charge on any atom is -0.352 e. The average molecular weight is 269 g/mol. The number of hydrogen-bond donors (Lipinski definition) is 2. The Balaban J connectivity index is 2.34. The van der Waals surface area contributed by atoms with E-state index in [1.165, 1.54) is 19.3 Å². The van der Waals surface area contributed by atoms with E-state index < -0.39 is 0 Å². The molecule has 1 aliphatic rings. The molecular weight excluding hydrogens is 238 g/mol. The molecule has 0 saturated heterocycles. The fourth-order valence-electron chi connectivity index (χ4n) is 2.88. The van der Waals surface area contributed by atoms with Crippen molar-refractivity contribution in [1.29, 1.82) is 0 Å². The van der Waals surface area contributed by atoms with Crippen molar-refractivity contribution in [3.63, 3.8) is 0 Å². The third kappa shape index (κ3) is 5.91. The fourth-order valence-corrected chi connectivity index (χ4v) is 2.88. The number of likely N-dealkylation sites (N-methyl/N-ethyl adjacent to an activating group) is 1. The van der Waals surface area contributed by atoms with Crippen molar-refractivity contribution in [2.75, 3.05) is 26.7 Å². The van der Waals surface area contributed by atoms with E-state index in [9.17, 15) is 4.79 Å². The molecule has 0 aliphatic heterocycles. The number of nitrogens with two attached hydrogens (primary N) is 1. The van der Waals surface area contributed by atoms with Gasteiger partial charge >= 0.3 is 0 Å². The molecule has 0 heterocycles. The lowest BCUT2D eigenvalue weighted by Crippen LogP contribution is -2.47. The van der Waals surface area contributed by atoms with Gasteiger partial charge < -0.3 is 11.1 Å². The maximum atomic E-state index is 12.1. The molecule has 1 saturated carbocycles. The summed E-state index contributed by atoms with van der Waals surface area (Å²) in [5, 5.41) is 3.19. The molecule has 1 fully saturated rings. The normalized spacial score (nSPS) is 24.5. The fraction of sp³-hybridized carbons (Fsp3) is 0.933. The van der Waals surface area contributed by atoms with E-state index in [0.29, 0.717) is 25.0 Å². The summed E-state index contributed by atoms with van der Waals surface area (Å²) in [6.07, 6.45) is 4.91. The predicted molar refractivity (Wildman–Crippen MR) is 79.9 cm³/mol. The van der Waals surface area contributed by atoms with Gasteiger partial charge in [0.05, 0.1) is 6.54 Å². The first-order valence-corrected chi connectivity index (χ1v) is 7.52. The van der Waals surface area contributed by atoms with E-state index in [1.54, 1.807) is 0 Å². The Kier molecular flexibility index (Phi) is 6.27. The first kappa shape index (κ1) is 16.4. The van der Waals surface area contributed by atoms with Crippen LogP contribution in [0, 0.1) is 11.3 Å². The Morgan fingerprint density at radius 1 is 1.37 bits per heavy atom. The minimum atomic E-state index is 0.0627. The second kappa shape index (κ2) is 7.25. The van der Waals surface area contributed by atoms with Crippen LogP contribution in [0.5, 0.6) is 0 Å². The zero-order valence-electron chi connectivity index (χ0n) is 13.0. The number of carbonyl (C=O) groups excluding carboxylic acids is 1. The van der Waals surface area contributed by atoms with Crippen LogP contribution < -0.4 is 11.1 Å². The Morgan fingerprint density at radius 3 is 2.58 bits per heavy atom. The van der Waals surface area contributed by atoms with Crippen molar-refractivity contribution in [2.24, 2.45) is 17.1 Å². The zero-order valence-corrected chi connectivity index (χ0v) is 13.0. The maximum Gasteiger partial charge on any atom is 0.234 e. The van der Waals surface area contributed by atoms with Gasteiger partial charge in [-0.15, -0.1) is 0 Å². The number of rotatable bonds is 6. The van der Waals surface area contributed by atoms with Gasteiger partial charge in [-0.2, -0.15) is 0 Å². The van der Waals surface area contributed by atoms with Gasteiger partial charge in [0.25, 0.3) is 0 Å². The number of hydrogen-bond acceptors (Lipinski definition) is 3. The first-order chi connectivity index (χ1) is 8.84. The number of nitrogens with zero attached hydrogens (tertiary/aromatic N) is 1. The molecule has 4 nitrogen and oxygen atoms in total. The molecular formula is C15H31N3O. The SMILES string of the molecule is CC1CCCCC1NC(=O)CN(C)CC(C)(C)CN. The van der Waals surface area contributed by atoms with E-state index in [4.69, 9.17) is 5.73 Å². The van der Waals surface area contributed by atoms with Gasteiger partial charge in [0.15, 0.2) is 0 Å². The van der Waals surface area contributed by atoms with Crippen LogP contribution in [0.15, 0.2) is 0 Å². The van der Waals surface area contributed by atoms with E-state index in [-0.39, 0.29) is 11.3 Å². The lowest BCUT2D eigenvalue weighted by atomic mass is 9.86. The molecule has 2 atom stereocenters. The first-order valence-electron chi connectivity index (χ1n) is 7.52. The Hall–Kier alpha value is -0.610. The molecule has 0 bridgehead atoms. The third-order valence-corrected chi connectivity index (χ3v) is 4.12. The molecule has 0 aromatic carbocycles. The Labute approximate surface area is 118 Å². The van der Waals surface area contributed by atoms with Crippen LogP contribution in [0.25, 0.3) is 0 Å².